The number of piperidine rings is 1. The van der Waals surface area contributed by atoms with Crippen LogP contribution in [0.1, 0.15) is 18.4 Å². The summed E-state index contributed by atoms with van der Waals surface area (Å²) in [4.78, 5) is 24.9. The van der Waals surface area contributed by atoms with Gasteiger partial charge in [0.2, 0.25) is 5.91 Å². The molecule has 1 fully saturated rings. The van der Waals surface area contributed by atoms with Crippen molar-refractivity contribution in [3.63, 3.8) is 0 Å². The molecule has 1 amide bonds. The molecule has 1 atom stereocenters. The number of halogens is 1. The summed E-state index contributed by atoms with van der Waals surface area (Å²) in [5.41, 5.74) is 2.87. The van der Waals surface area contributed by atoms with Gasteiger partial charge in [-0.1, -0.05) is 27.3 Å². The molecule has 0 spiro atoms. The van der Waals surface area contributed by atoms with Crippen molar-refractivity contribution in [1.82, 2.24) is 9.97 Å². The number of carbonyl (C=O) groups excluding carboxylic acids is 1. The molecular weight excluding hydrogens is 412 g/mol. The third-order valence-electron chi connectivity index (χ3n) is 4.64. The van der Waals surface area contributed by atoms with Crippen LogP contribution in [0.15, 0.2) is 41.0 Å². The molecular formula is C19H19BrN4OS. The van der Waals surface area contributed by atoms with Crippen LogP contribution in [0.4, 0.5) is 10.8 Å². The summed E-state index contributed by atoms with van der Waals surface area (Å²) in [6, 6.07) is 9.76. The van der Waals surface area contributed by atoms with E-state index in [1.165, 1.54) is 0 Å². The lowest BCUT2D eigenvalue weighted by Gasteiger charge is -2.31. The summed E-state index contributed by atoms with van der Waals surface area (Å²) in [7, 11) is 0. The SMILES string of the molecule is Cc1cc(NC(=O)C2CCCN(c3nc4cccnc4s3)C2)ccc1Br. The molecule has 3 aromatic rings. The molecule has 1 N–H and O–H groups in total. The van der Waals surface area contributed by atoms with E-state index in [2.05, 4.69) is 36.1 Å². The number of hydrogen-bond donors (Lipinski definition) is 1. The Balaban J connectivity index is 1.47. The van der Waals surface area contributed by atoms with Crippen LogP contribution in [0.25, 0.3) is 10.3 Å². The van der Waals surface area contributed by atoms with E-state index in [1.807, 2.05) is 37.3 Å². The molecule has 0 bridgehead atoms. The Morgan fingerprint density at radius 3 is 3.08 bits per heavy atom. The Bertz CT molecular complexity index is 925. The first-order valence-electron chi connectivity index (χ1n) is 8.63. The molecule has 134 valence electrons. The van der Waals surface area contributed by atoms with Crippen LogP contribution in [0.2, 0.25) is 0 Å². The maximum atomic E-state index is 12.7. The summed E-state index contributed by atoms with van der Waals surface area (Å²) in [5, 5.41) is 4.02. The number of aryl methyl sites for hydroxylation is 1. The Labute approximate surface area is 164 Å². The molecule has 7 heteroatoms. The van der Waals surface area contributed by atoms with E-state index in [1.54, 1.807) is 17.5 Å². The molecule has 1 saturated heterocycles. The lowest BCUT2D eigenvalue weighted by atomic mass is 9.97. The predicted octanol–water partition coefficient (Wildman–Crippen LogP) is 4.62. The van der Waals surface area contributed by atoms with Gasteiger partial charge in [0.05, 0.1) is 5.92 Å². The van der Waals surface area contributed by atoms with E-state index >= 15 is 0 Å². The largest absolute Gasteiger partial charge is 0.347 e. The van der Waals surface area contributed by atoms with E-state index in [-0.39, 0.29) is 11.8 Å². The molecule has 3 heterocycles. The number of anilines is 2. The molecule has 4 rings (SSSR count). The number of hydrogen-bond acceptors (Lipinski definition) is 5. The van der Waals surface area contributed by atoms with Crippen molar-refractivity contribution < 1.29 is 4.79 Å². The second-order valence-corrected chi connectivity index (χ2v) is 8.37. The molecule has 2 aromatic heterocycles. The number of thiazole rings is 1. The van der Waals surface area contributed by atoms with Gasteiger partial charge in [0.1, 0.15) is 10.3 Å². The highest BCUT2D eigenvalue weighted by Gasteiger charge is 2.27. The standard InChI is InChI=1S/C19H19BrN4OS/c1-12-10-14(6-7-15(12)20)22-17(25)13-4-3-9-24(11-13)19-23-16-5-2-8-21-18(16)26-19/h2,5-8,10,13H,3-4,9,11H2,1H3,(H,22,25). The van der Waals surface area contributed by atoms with Crippen LogP contribution >= 0.6 is 27.3 Å². The minimum atomic E-state index is -0.0346. The highest BCUT2D eigenvalue weighted by atomic mass is 79.9. The molecule has 1 aliphatic rings. The minimum absolute atomic E-state index is 0.0346. The molecule has 0 saturated carbocycles. The van der Waals surface area contributed by atoms with Gasteiger partial charge in [0.25, 0.3) is 0 Å². The molecule has 1 aliphatic heterocycles. The van der Waals surface area contributed by atoms with Crippen LogP contribution < -0.4 is 10.2 Å². The third-order valence-corrected chi connectivity index (χ3v) is 6.57. The monoisotopic (exact) mass is 430 g/mol. The van der Waals surface area contributed by atoms with E-state index < -0.39 is 0 Å². The van der Waals surface area contributed by atoms with Crippen molar-refractivity contribution in [2.45, 2.75) is 19.8 Å². The zero-order valence-electron chi connectivity index (χ0n) is 14.4. The minimum Gasteiger partial charge on any atom is -0.347 e. The van der Waals surface area contributed by atoms with Gasteiger partial charge in [0.15, 0.2) is 5.13 Å². The number of nitrogens with one attached hydrogen (secondary N) is 1. The Morgan fingerprint density at radius 1 is 1.38 bits per heavy atom. The highest BCUT2D eigenvalue weighted by Crippen LogP contribution is 2.31. The Morgan fingerprint density at radius 2 is 2.27 bits per heavy atom. The van der Waals surface area contributed by atoms with Gasteiger partial charge < -0.3 is 10.2 Å². The zero-order chi connectivity index (χ0) is 18.1. The summed E-state index contributed by atoms with van der Waals surface area (Å²) >= 11 is 5.08. The van der Waals surface area contributed by atoms with Gasteiger partial charge in [-0.05, 0) is 55.7 Å². The van der Waals surface area contributed by atoms with Crippen LogP contribution in [0.3, 0.4) is 0 Å². The molecule has 1 unspecified atom stereocenters. The Kier molecular flexibility index (Phi) is 4.91. The van der Waals surface area contributed by atoms with Crippen molar-refractivity contribution in [3.8, 4) is 0 Å². The van der Waals surface area contributed by atoms with Gasteiger partial charge in [-0.15, -0.1) is 0 Å². The van der Waals surface area contributed by atoms with E-state index in [4.69, 9.17) is 0 Å². The van der Waals surface area contributed by atoms with E-state index in [0.29, 0.717) is 6.54 Å². The summed E-state index contributed by atoms with van der Waals surface area (Å²) in [6.07, 6.45) is 3.68. The van der Waals surface area contributed by atoms with Crippen LogP contribution in [0, 0.1) is 12.8 Å². The van der Waals surface area contributed by atoms with Crippen LogP contribution in [-0.4, -0.2) is 29.0 Å². The van der Waals surface area contributed by atoms with Crippen molar-refractivity contribution in [2.24, 2.45) is 5.92 Å². The molecule has 0 aliphatic carbocycles. The fourth-order valence-electron chi connectivity index (χ4n) is 3.23. The smallest absolute Gasteiger partial charge is 0.229 e. The third kappa shape index (κ3) is 3.59. The first kappa shape index (κ1) is 17.4. The number of pyridine rings is 1. The molecule has 26 heavy (non-hydrogen) atoms. The fourth-order valence-corrected chi connectivity index (χ4v) is 4.42. The number of amides is 1. The second kappa shape index (κ2) is 7.32. The van der Waals surface area contributed by atoms with Crippen molar-refractivity contribution >= 4 is 54.3 Å². The first-order chi connectivity index (χ1) is 12.6. The molecule has 1 aromatic carbocycles. The normalized spacial score (nSPS) is 17.5. The van der Waals surface area contributed by atoms with Gasteiger partial charge in [-0.2, -0.15) is 0 Å². The first-order valence-corrected chi connectivity index (χ1v) is 10.2. The summed E-state index contributed by atoms with van der Waals surface area (Å²) in [6.45, 7) is 3.64. The van der Waals surface area contributed by atoms with Gasteiger partial charge >= 0.3 is 0 Å². The maximum Gasteiger partial charge on any atom is 0.229 e. The number of benzene rings is 1. The summed E-state index contributed by atoms with van der Waals surface area (Å²) < 4.78 is 1.05. The topological polar surface area (TPSA) is 58.1 Å². The second-order valence-electron chi connectivity index (χ2n) is 6.56. The lowest BCUT2D eigenvalue weighted by Crippen LogP contribution is -2.40. The summed E-state index contributed by atoms with van der Waals surface area (Å²) in [5.74, 6) is 0.0448. The van der Waals surface area contributed by atoms with E-state index in [9.17, 15) is 4.79 Å². The molecule has 0 radical (unpaired) electrons. The lowest BCUT2D eigenvalue weighted by molar-refractivity contribution is -0.120. The number of rotatable bonds is 3. The van der Waals surface area contributed by atoms with Gasteiger partial charge in [-0.25, -0.2) is 9.97 Å². The zero-order valence-corrected chi connectivity index (χ0v) is 16.8. The number of aromatic nitrogens is 2. The quantitative estimate of drug-likeness (QED) is 0.658. The number of nitrogens with zero attached hydrogens (tertiary/aromatic N) is 3. The number of fused-ring (bicyclic) bond motifs is 1. The van der Waals surface area contributed by atoms with Crippen molar-refractivity contribution in [2.75, 3.05) is 23.3 Å². The van der Waals surface area contributed by atoms with Crippen molar-refractivity contribution in [3.05, 3.63) is 46.6 Å². The van der Waals surface area contributed by atoms with E-state index in [0.717, 1.165) is 50.6 Å². The van der Waals surface area contributed by atoms with Gasteiger partial charge in [0, 0.05) is 29.4 Å². The van der Waals surface area contributed by atoms with Crippen LogP contribution in [-0.2, 0) is 4.79 Å². The van der Waals surface area contributed by atoms with Crippen molar-refractivity contribution in [1.29, 1.82) is 0 Å². The Hall–Kier alpha value is -1.99. The average Bonchev–Trinajstić information content (AvgIpc) is 3.09. The van der Waals surface area contributed by atoms with Crippen LogP contribution in [0.5, 0.6) is 0 Å². The highest BCUT2D eigenvalue weighted by molar-refractivity contribution is 9.10. The maximum absolute atomic E-state index is 12.7. The van der Waals surface area contributed by atoms with Gasteiger partial charge in [-0.3, -0.25) is 4.79 Å². The molecule has 5 nitrogen and oxygen atoms in total. The fraction of sp³-hybridized carbons (Fsp3) is 0.316. The average molecular weight is 431 g/mol. The predicted molar refractivity (Wildman–Crippen MR) is 110 cm³/mol. The number of carbonyl (C=O) groups is 1.